The van der Waals surface area contributed by atoms with Gasteiger partial charge in [-0.25, -0.2) is 9.97 Å². The van der Waals surface area contributed by atoms with Crippen molar-refractivity contribution in [3.63, 3.8) is 0 Å². The van der Waals surface area contributed by atoms with Gasteiger partial charge in [-0.2, -0.15) is 0 Å². The Morgan fingerprint density at radius 2 is 2.07 bits per heavy atom. The van der Waals surface area contributed by atoms with Crippen LogP contribution >= 0.6 is 0 Å². The zero-order chi connectivity index (χ0) is 11.1. The minimum atomic E-state index is 0.122. The second-order valence-corrected chi connectivity index (χ2v) is 3.38. The molecule has 0 aliphatic rings. The highest BCUT2D eigenvalue weighted by Crippen LogP contribution is 1.88. The fourth-order valence-electron chi connectivity index (χ4n) is 1.04. The molecule has 1 amide bonds. The van der Waals surface area contributed by atoms with E-state index in [-0.39, 0.29) is 5.91 Å². The Morgan fingerprint density at radius 1 is 1.40 bits per heavy atom. The average Bonchev–Trinajstić information content (AvgIpc) is 2.25. The Kier molecular flexibility index (Phi) is 4.70. The second-order valence-electron chi connectivity index (χ2n) is 3.38. The van der Waals surface area contributed by atoms with Crippen LogP contribution in [-0.4, -0.2) is 41.4 Å². The number of nitrogens with one attached hydrogen (secondary N) is 1. The highest BCUT2D eigenvalue weighted by molar-refractivity contribution is 5.75. The lowest BCUT2D eigenvalue weighted by Crippen LogP contribution is -2.26. The van der Waals surface area contributed by atoms with Gasteiger partial charge in [0, 0.05) is 39.5 Å². The molecule has 0 saturated heterocycles. The molecule has 0 bridgehead atoms. The smallest absolute Gasteiger partial charge is 0.223 e. The number of rotatable bonds is 5. The average molecular weight is 208 g/mol. The molecule has 0 atom stereocenters. The summed E-state index contributed by atoms with van der Waals surface area (Å²) in [6.45, 7) is 1.25. The van der Waals surface area contributed by atoms with Crippen molar-refractivity contribution in [2.75, 3.05) is 20.6 Å². The molecule has 82 valence electrons. The molecule has 0 fully saturated rings. The topological polar surface area (TPSA) is 58.1 Å². The van der Waals surface area contributed by atoms with Gasteiger partial charge in [-0.15, -0.1) is 0 Å². The predicted molar refractivity (Wildman–Crippen MR) is 57.0 cm³/mol. The zero-order valence-corrected chi connectivity index (χ0v) is 9.10. The number of nitrogens with zero attached hydrogens (tertiary/aromatic N) is 3. The van der Waals surface area contributed by atoms with Crippen molar-refractivity contribution in [1.82, 2.24) is 20.2 Å². The van der Waals surface area contributed by atoms with E-state index < -0.39 is 0 Å². The van der Waals surface area contributed by atoms with Gasteiger partial charge in [0.2, 0.25) is 5.91 Å². The lowest BCUT2D eigenvalue weighted by Gasteiger charge is -2.09. The van der Waals surface area contributed by atoms with Crippen LogP contribution in [-0.2, 0) is 11.3 Å². The molecule has 0 radical (unpaired) electrons. The fraction of sp³-hybridized carbons (Fsp3) is 0.500. The van der Waals surface area contributed by atoms with Gasteiger partial charge in [0.25, 0.3) is 0 Å². The normalized spacial score (nSPS) is 10.0. The van der Waals surface area contributed by atoms with E-state index in [2.05, 4.69) is 15.3 Å². The SMILES string of the molecule is CN(C)C(=O)CCNCc1ncccn1. The van der Waals surface area contributed by atoms with Gasteiger partial charge >= 0.3 is 0 Å². The summed E-state index contributed by atoms with van der Waals surface area (Å²) >= 11 is 0. The van der Waals surface area contributed by atoms with E-state index in [4.69, 9.17) is 0 Å². The molecule has 0 unspecified atom stereocenters. The lowest BCUT2D eigenvalue weighted by atomic mass is 10.4. The van der Waals surface area contributed by atoms with E-state index in [0.717, 1.165) is 5.82 Å². The van der Waals surface area contributed by atoms with Gasteiger partial charge in [0.15, 0.2) is 0 Å². The van der Waals surface area contributed by atoms with Gasteiger partial charge in [-0.05, 0) is 6.07 Å². The Hall–Kier alpha value is -1.49. The molecule has 5 heteroatoms. The maximum atomic E-state index is 11.2. The monoisotopic (exact) mass is 208 g/mol. The first-order valence-corrected chi connectivity index (χ1v) is 4.87. The van der Waals surface area contributed by atoms with Crippen LogP contribution in [0.1, 0.15) is 12.2 Å². The summed E-state index contributed by atoms with van der Waals surface area (Å²) in [4.78, 5) is 20.9. The minimum Gasteiger partial charge on any atom is -0.349 e. The quantitative estimate of drug-likeness (QED) is 0.694. The van der Waals surface area contributed by atoms with Gasteiger partial charge in [0.05, 0.1) is 6.54 Å². The minimum absolute atomic E-state index is 0.122. The first-order chi connectivity index (χ1) is 7.20. The van der Waals surface area contributed by atoms with Crippen LogP contribution < -0.4 is 5.32 Å². The van der Waals surface area contributed by atoms with E-state index in [1.165, 1.54) is 0 Å². The highest BCUT2D eigenvalue weighted by Gasteiger charge is 2.02. The summed E-state index contributed by atoms with van der Waals surface area (Å²) in [5.74, 6) is 0.867. The molecule has 1 heterocycles. The molecule has 0 aliphatic heterocycles. The summed E-state index contributed by atoms with van der Waals surface area (Å²) < 4.78 is 0. The van der Waals surface area contributed by atoms with Gasteiger partial charge < -0.3 is 10.2 Å². The summed E-state index contributed by atoms with van der Waals surface area (Å²) in [6, 6.07) is 1.78. The molecule has 0 aromatic carbocycles. The van der Waals surface area contributed by atoms with Gasteiger partial charge in [-0.1, -0.05) is 0 Å². The van der Waals surface area contributed by atoms with Crippen molar-refractivity contribution in [3.8, 4) is 0 Å². The van der Waals surface area contributed by atoms with Crippen LogP contribution in [0.15, 0.2) is 18.5 Å². The van der Waals surface area contributed by atoms with E-state index >= 15 is 0 Å². The number of carbonyl (C=O) groups excluding carboxylic acids is 1. The second kappa shape index (κ2) is 6.08. The Bertz CT molecular complexity index is 300. The Labute approximate surface area is 89.5 Å². The number of hydrogen-bond acceptors (Lipinski definition) is 4. The zero-order valence-electron chi connectivity index (χ0n) is 9.10. The van der Waals surface area contributed by atoms with Crippen molar-refractivity contribution in [1.29, 1.82) is 0 Å². The van der Waals surface area contributed by atoms with Crippen LogP contribution in [0.25, 0.3) is 0 Å². The van der Waals surface area contributed by atoms with Crippen molar-refractivity contribution < 1.29 is 4.79 Å². The Morgan fingerprint density at radius 3 is 2.67 bits per heavy atom. The number of aromatic nitrogens is 2. The maximum absolute atomic E-state index is 11.2. The van der Waals surface area contributed by atoms with Gasteiger partial charge in [0.1, 0.15) is 5.82 Å². The number of hydrogen-bond donors (Lipinski definition) is 1. The van der Waals surface area contributed by atoms with Crippen LogP contribution in [0.4, 0.5) is 0 Å². The molecule has 1 N–H and O–H groups in total. The van der Waals surface area contributed by atoms with Gasteiger partial charge in [-0.3, -0.25) is 4.79 Å². The van der Waals surface area contributed by atoms with Crippen LogP contribution in [0.2, 0.25) is 0 Å². The fourth-order valence-corrected chi connectivity index (χ4v) is 1.04. The Balaban J connectivity index is 2.15. The lowest BCUT2D eigenvalue weighted by molar-refractivity contribution is -0.128. The molecule has 0 aliphatic carbocycles. The maximum Gasteiger partial charge on any atom is 0.223 e. The third-order valence-corrected chi connectivity index (χ3v) is 1.92. The standard InChI is InChI=1S/C10H16N4O/c1-14(2)10(15)4-7-11-8-9-12-5-3-6-13-9/h3,5-6,11H,4,7-8H2,1-2H3. The molecular formula is C10H16N4O. The molecule has 0 saturated carbocycles. The summed E-state index contributed by atoms with van der Waals surface area (Å²) in [7, 11) is 3.51. The first-order valence-electron chi connectivity index (χ1n) is 4.87. The highest BCUT2D eigenvalue weighted by atomic mass is 16.2. The third-order valence-electron chi connectivity index (χ3n) is 1.92. The first kappa shape index (κ1) is 11.6. The van der Waals surface area contributed by atoms with Crippen LogP contribution in [0.5, 0.6) is 0 Å². The molecule has 15 heavy (non-hydrogen) atoms. The van der Waals surface area contributed by atoms with E-state index in [1.807, 2.05) is 0 Å². The molecule has 1 rings (SSSR count). The third kappa shape index (κ3) is 4.51. The van der Waals surface area contributed by atoms with Crippen molar-refractivity contribution in [2.45, 2.75) is 13.0 Å². The molecule has 5 nitrogen and oxygen atoms in total. The molecular weight excluding hydrogens is 192 g/mol. The van der Waals surface area contributed by atoms with Crippen LogP contribution in [0, 0.1) is 0 Å². The number of carbonyl (C=O) groups is 1. The molecule has 1 aromatic rings. The largest absolute Gasteiger partial charge is 0.349 e. The van der Waals surface area contributed by atoms with Crippen molar-refractivity contribution >= 4 is 5.91 Å². The summed E-state index contributed by atoms with van der Waals surface area (Å²) in [6.07, 6.45) is 3.91. The molecule has 1 aromatic heterocycles. The molecule has 0 spiro atoms. The van der Waals surface area contributed by atoms with Crippen LogP contribution in [0.3, 0.4) is 0 Å². The van der Waals surface area contributed by atoms with E-state index in [1.54, 1.807) is 37.5 Å². The van der Waals surface area contributed by atoms with Crippen molar-refractivity contribution in [2.24, 2.45) is 0 Å². The van der Waals surface area contributed by atoms with E-state index in [9.17, 15) is 4.79 Å². The van der Waals surface area contributed by atoms with E-state index in [0.29, 0.717) is 19.5 Å². The van der Waals surface area contributed by atoms with Crippen molar-refractivity contribution in [3.05, 3.63) is 24.3 Å². The predicted octanol–water partition coefficient (Wildman–Crippen LogP) is 0.0445. The summed E-state index contributed by atoms with van der Waals surface area (Å²) in [5, 5.41) is 3.11. The number of amides is 1. The summed E-state index contributed by atoms with van der Waals surface area (Å²) in [5.41, 5.74) is 0.